The first-order chi connectivity index (χ1) is 7.20. The van der Waals surface area contributed by atoms with E-state index in [0.717, 1.165) is 35.6 Å². The lowest BCUT2D eigenvalue weighted by atomic mass is 10.0. The molecule has 82 valence electrons. The van der Waals surface area contributed by atoms with Gasteiger partial charge in [0, 0.05) is 12.6 Å². The fourth-order valence-corrected chi connectivity index (χ4v) is 2.98. The maximum atomic E-state index is 10.6. The lowest BCUT2D eigenvalue weighted by Crippen LogP contribution is -2.42. The Morgan fingerprint density at radius 2 is 2.40 bits per heavy atom. The van der Waals surface area contributed by atoms with Crippen LogP contribution < -0.4 is 4.90 Å². The molecule has 1 fully saturated rings. The Morgan fingerprint density at radius 1 is 1.60 bits per heavy atom. The van der Waals surface area contributed by atoms with Crippen molar-refractivity contribution in [1.82, 2.24) is 0 Å². The molecular formula is C11H15NO2S. The Bertz CT molecular complexity index is 350. The Hall–Kier alpha value is -0.870. The molecule has 1 N–H and O–H groups in total. The quantitative estimate of drug-likeness (QED) is 0.782. The Morgan fingerprint density at radius 3 is 3.00 bits per heavy atom. The van der Waals surface area contributed by atoms with Crippen molar-refractivity contribution in [3.05, 3.63) is 17.0 Å². The molecule has 4 heteroatoms. The van der Waals surface area contributed by atoms with Gasteiger partial charge in [0.25, 0.3) is 0 Å². The van der Waals surface area contributed by atoms with E-state index in [2.05, 4.69) is 11.8 Å². The first-order valence-corrected chi connectivity index (χ1v) is 6.02. The fourth-order valence-electron chi connectivity index (χ4n) is 2.03. The van der Waals surface area contributed by atoms with E-state index >= 15 is 0 Å². The molecular weight excluding hydrogens is 210 g/mol. The van der Waals surface area contributed by atoms with Gasteiger partial charge in [-0.05, 0) is 31.9 Å². The molecule has 2 heterocycles. The van der Waals surface area contributed by atoms with Crippen molar-refractivity contribution in [2.45, 2.75) is 31.9 Å². The standard InChI is InChI=1S/C11H15NO2S/c1-8-6-9(14)4-5-12(8)11-3-2-10(7-13)15-11/h2-3,7-9,14H,4-6H2,1H3. The van der Waals surface area contributed by atoms with Gasteiger partial charge in [0.15, 0.2) is 6.29 Å². The molecule has 1 aromatic heterocycles. The van der Waals surface area contributed by atoms with E-state index < -0.39 is 0 Å². The monoisotopic (exact) mass is 225 g/mol. The van der Waals surface area contributed by atoms with Crippen molar-refractivity contribution in [3.8, 4) is 0 Å². The van der Waals surface area contributed by atoms with Crippen LogP contribution in [-0.4, -0.2) is 30.1 Å². The lowest BCUT2D eigenvalue weighted by molar-refractivity contribution is 0.112. The summed E-state index contributed by atoms with van der Waals surface area (Å²) in [5, 5.41) is 10.7. The molecule has 0 radical (unpaired) electrons. The predicted octanol–water partition coefficient (Wildman–Crippen LogP) is 1.91. The van der Waals surface area contributed by atoms with Crippen LogP contribution in [-0.2, 0) is 0 Å². The van der Waals surface area contributed by atoms with E-state index in [1.54, 1.807) is 0 Å². The molecule has 1 aliphatic heterocycles. The summed E-state index contributed by atoms with van der Waals surface area (Å²) in [4.78, 5) is 13.6. The summed E-state index contributed by atoms with van der Waals surface area (Å²) in [6, 6.07) is 4.19. The van der Waals surface area contributed by atoms with Crippen LogP contribution in [0.1, 0.15) is 29.4 Å². The molecule has 0 amide bonds. The number of aldehydes is 1. The highest BCUT2D eigenvalue weighted by molar-refractivity contribution is 7.17. The first-order valence-electron chi connectivity index (χ1n) is 5.20. The fraction of sp³-hybridized carbons (Fsp3) is 0.545. The van der Waals surface area contributed by atoms with Crippen molar-refractivity contribution in [2.24, 2.45) is 0 Å². The molecule has 0 saturated carbocycles. The van der Waals surface area contributed by atoms with Gasteiger partial charge in [0.05, 0.1) is 16.0 Å². The van der Waals surface area contributed by atoms with Gasteiger partial charge in [0.2, 0.25) is 0 Å². The van der Waals surface area contributed by atoms with Crippen LogP contribution in [0.3, 0.4) is 0 Å². The van der Waals surface area contributed by atoms with E-state index in [1.165, 1.54) is 11.3 Å². The molecule has 2 rings (SSSR count). The number of carbonyl (C=O) groups excluding carboxylic acids is 1. The molecule has 1 saturated heterocycles. The summed E-state index contributed by atoms with van der Waals surface area (Å²) >= 11 is 1.52. The van der Waals surface area contributed by atoms with Crippen molar-refractivity contribution < 1.29 is 9.90 Å². The van der Waals surface area contributed by atoms with E-state index in [9.17, 15) is 9.90 Å². The minimum atomic E-state index is -0.165. The van der Waals surface area contributed by atoms with Gasteiger partial charge >= 0.3 is 0 Å². The Kier molecular flexibility index (Phi) is 3.07. The summed E-state index contributed by atoms with van der Waals surface area (Å²) in [7, 11) is 0. The van der Waals surface area contributed by atoms with Crippen LogP contribution in [0.5, 0.6) is 0 Å². The van der Waals surface area contributed by atoms with E-state index in [-0.39, 0.29) is 6.10 Å². The smallest absolute Gasteiger partial charge is 0.160 e. The number of hydrogen-bond acceptors (Lipinski definition) is 4. The maximum absolute atomic E-state index is 10.6. The zero-order valence-electron chi connectivity index (χ0n) is 8.72. The Balaban J connectivity index is 2.12. The molecule has 0 aliphatic carbocycles. The summed E-state index contributed by atoms with van der Waals surface area (Å²) in [5.74, 6) is 0. The number of aliphatic hydroxyl groups is 1. The molecule has 2 atom stereocenters. The van der Waals surface area contributed by atoms with Crippen molar-refractivity contribution in [1.29, 1.82) is 0 Å². The van der Waals surface area contributed by atoms with Crippen molar-refractivity contribution in [3.63, 3.8) is 0 Å². The molecule has 0 spiro atoms. The number of piperidine rings is 1. The second-order valence-corrected chi connectivity index (χ2v) is 5.11. The minimum absolute atomic E-state index is 0.165. The number of rotatable bonds is 2. The molecule has 1 aliphatic rings. The van der Waals surface area contributed by atoms with Crippen molar-refractivity contribution in [2.75, 3.05) is 11.4 Å². The van der Waals surface area contributed by atoms with Crippen LogP contribution >= 0.6 is 11.3 Å². The third-order valence-corrected chi connectivity index (χ3v) is 3.91. The molecule has 15 heavy (non-hydrogen) atoms. The van der Waals surface area contributed by atoms with E-state index in [4.69, 9.17) is 0 Å². The summed E-state index contributed by atoms with van der Waals surface area (Å²) in [6.45, 7) is 2.99. The number of nitrogens with zero attached hydrogens (tertiary/aromatic N) is 1. The lowest BCUT2D eigenvalue weighted by Gasteiger charge is -2.36. The minimum Gasteiger partial charge on any atom is -0.393 e. The van der Waals surface area contributed by atoms with Gasteiger partial charge < -0.3 is 10.0 Å². The first kappa shape index (κ1) is 10.6. The second kappa shape index (κ2) is 4.33. The summed E-state index contributed by atoms with van der Waals surface area (Å²) in [5.41, 5.74) is 0. The highest BCUT2D eigenvalue weighted by atomic mass is 32.1. The molecule has 0 bridgehead atoms. The van der Waals surface area contributed by atoms with Gasteiger partial charge in [0.1, 0.15) is 0 Å². The van der Waals surface area contributed by atoms with Crippen LogP contribution in [0.4, 0.5) is 5.00 Å². The molecule has 1 aromatic rings. The number of aliphatic hydroxyl groups excluding tert-OH is 1. The van der Waals surface area contributed by atoms with Gasteiger partial charge in [-0.25, -0.2) is 0 Å². The normalized spacial score (nSPS) is 26.7. The SMILES string of the molecule is CC1CC(O)CCN1c1ccc(C=O)s1. The number of hydrogen-bond donors (Lipinski definition) is 1. The van der Waals surface area contributed by atoms with Crippen molar-refractivity contribution >= 4 is 22.6 Å². The van der Waals surface area contributed by atoms with Gasteiger partial charge in [-0.1, -0.05) is 0 Å². The number of carbonyl (C=O) groups is 1. The average Bonchev–Trinajstić information content (AvgIpc) is 2.66. The predicted molar refractivity (Wildman–Crippen MR) is 61.8 cm³/mol. The Labute approximate surface area is 93.3 Å². The molecule has 0 aromatic carbocycles. The van der Waals surface area contributed by atoms with Gasteiger partial charge in [-0.2, -0.15) is 0 Å². The number of thiophene rings is 1. The van der Waals surface area contributed by atoms with E-state index in [1.807, 2.05) is 12.1 Å². The molecule has 2 unspecified atom stereocenters. The zero-order chi connectivity index (χ0) is 10.8. The molecule has 3 nitrogen and oxygen atoms in total. The summed E-state index contributed by atoms with van der Waals surface area (Å²) < 4.78 is 0. The largest absolute Gasteiger partial charge is 0.393 e. The number of anilines is 1. The van der Waals surface area contributed by atoms with E-state index in [0.29, 0.717) is 6.04 Å². The topological polar surface area (TPSA) is 40.5 Å². The highest BCUT2D eigenvalue weighted by Gasteiger charge is 2.24. The van der Waals surface area contributed by atoms with Gasteiger partial charge in [-0.3, -0.25) is 4.79 Å². The third kappa shape index (κ3) is 2.21. The van der Waals surface area contributed by atoms with Crippen LogP contribution in [0.15, 0.2) is 12.1 Å². The summed E-state index contributed by atoms with van der Waals surface area (Å²) in [6.07, 6.45) is 2.35. The second-order valence-electron chi connectivity index (χ2n) is 4.01. The zero-order valence-corrected chi connectivity index (χ0v) is 9.54. The van der Waals surface area contributed by atoms with Crippen LogP contribution in [0.2, 0.25) is 0 Å². The van der Waals surface area contributed by atoms with Crippen LogP contribution in [0, 0.1) is 0 Å². The average molecular weight is 225 g/mol. The van der Waals surface area contributed by atoms with Gasteiger partial charge in [-0.15, -0.1) is 11.3 Å². The van der Waals surface area contributed by atoms with Crippen LogP contribution in [0.25, 0.3) is 0 Å². The highest BCUT2D eigenvalue weighted by Crippen LogP contribution is 2.30. The maximum Gasteiger partial charge on any atom is 0.160 e. The third-order valence-electron chi connectivity index (χ3n) is 2.86.